The van der Waals surface area contributed by atoms with E-state index in [0.717, 1.165) is 0 Å². The van der Waals surface area contributed by atoms with Gasteiger partial charge in [0.1, 0.15) is 0 Å². The van der Waals surface area contributed by atoms with Crippen LogP contribution in [-0.4, -0.2) is 66.1 Å². The van der Waals surface area contributed by atoms with E-state index in [2.05, 4.69) is 0 Å². The quantitative estimate of drug-likeness (QED) is 0.475. The number of rotatable bonds is 4. The summed E-state index contributed by atoms with van der Waals surface area (Å²) in [5.41, 5.74) is 0. The van der Waals surface area contributed by atoms with Crippen LogP contribution in [0.25, 0.3) is 0 Å². The summed E-state index contributed by atoms with van der Waals surface area (Å²) < 4.78 is 0. The van der Waals surface area contributed by atoms with Crippen LogP contribution in [0.2, 0.25) is 0 Å². The van der Waals surface area contributed by atoms with Crippen LogP contribution in [0, 0.1) is 0 Å². The molecule has 16 heavy (non-hydrogen) atoms. The fraction of sp³-hybridized carbons (Fsp3) is 0.750. The number of hydrogen-bond acceptors (Lipinski definition) is 4. The largest absolute Gasteiger partial charge is 2.00 e. The maximum Gasteiger partial charge on any atom is 2.00 e. The summed E-state index contributed by atoms with van der Waals surface area (Å²) in [4.78, 5) is 19.0. The average molecular weight is 268 g/mol. The normalized spacial score (nSPS) is 6.12. The summed E-state index contributed by atoms with van der Waals surface area (Å²) in [6, 6.07) is 0. The van der Waals surface area contributed by atoms with Crippen LogP contribution in [-0.2, 0) is 9.59 Å². The van der Waals surface area contributed by atoms with Crippen LogP contribution < -0.4 is 10.2 Å². The molecule has 0 aromatic heterocycles. The molecule has 0 atom stereocenters. The first-order valence-electron chi connectivity index (χ1n) is 3.94. The Morgan fingerprint density at radius 2 is 1.00 bits per heavy atom. The van der Waals surface area contributed by atoms with Crippen molar-refractivity contribution in [3.63, 3.8) is 0 Å². The third-order valence-electron chi connectivity index (χ3n) is 0.908. The second kappa shape index (κ2) is 29.4. The van der Waals surface area contributed by atoms with E-state index in [-0.39, 0.29) is 67.0 Å². The molecule has 0 amide bonds. The zero-order valence-electron chi connectivity index (χ0n) is 9.67. The number of carboxylic acid groups (broad SMARTS) is 2. The van der Waals surface area contributed by atoms with Crippen LogP contribution in [0.1, 0.15) is 39.5 Å². The molecule has 0 aromatic carbocycles. The van der Waals surface area contributed by atoms with Crippen LogP contribution in [0.4, 0.5) is 0 Å². The molecule has 0 aromatic rings. The van der Waals surface area contributed by atoms with Crippen LogP contribution >= 0.6 is 0 Å². The van der Waals surface area contributed by atoms with Gasteiger partial charge < -0.3 is 36.2 Å². The summed E-state index contributed by atoms with van der Waals surface area (Å²) >= 11 is 0. The van der Waals surface area contributed by atoms with E-state index < -0.39 is 11.9 Å². The fourth-order valence-electron chi connectivity index (χ4n) is 0.408. The van der Waals surface area contributed by atoms with Crippen molar-refractivity contribution in [2.75, 3.05) is 0 Å². The van der Waals surface area contributed by atoms with Crippen molar-refractivity contribution in [2.45, 2.75) is 39.5 Å². The van der Waals surface area contributed by atoms with Crippen molar-refractivity contribution < 1.29 is 36.2 Å². The molecule has 8 heteroatoms. The molecular weight excluding hydrogens is 248 g/mol. The molecular formula is C8H20CaO7. The molecule has 7 nitrogen and oxygen atoms in total. The second-order valence-corrected chi connectivity index (χ2v) is 2.24. The topological polar surface area (TPSA) is 175 Å². The van der Waals surface area contributed by atoms with E-state index in [9.17, 15) is 19.8 Å². The first kappa shape index (κ1) is 36.0. The first-order valence-corrected chi connectivity index (χ1v) is 3.94. The molecule has 0 saturated heterocycles. The Kier molecular flexibility index (Phi) is 66.2. The van der Waals surface area contributed by atoms with Crippen molar-refractivity contribution in [2.24, 2.45) is 0 Å². The van der Waals surface area contributed by atoms with E-state index in [1.807, 2.05) is 0 Å². The molecule has 0 radical (unpaired) electrons. The van der Waals surface area contributed by atoms with Crippen molar-refractivity contribution in [1.82, 2.24) is 0 Å². The van der Waals surface area contributed by atoms with Gasteiger partial charge >= 0.3 is 37.7 Å². The fourth-order valence-corrected chi connectivity index (χ4v) is 0.408. The molecule has 0 unspecified atom stereocenters. The third kappa shape index (κ3) is 65.2. The maximum absolute atomic E-state index is 9.49. The molecule has 0 fully saturated rings. The predicted molar refractivity (Wildman–Crippen MR) is 56.4 cm³/mol. The third-order valence-corrected chi connectivity index (χ3v) is 0.908. The Morgan fingerprint density at radius 3 is 1.00 bits per heavy atom. The van der Waals surface area contributed by atoms with E-state index in [1.54, 1.807) is 13.8 Å². The summed E-state index contributed by atoms with van der Waals surface area (Å²) in [6.07, 6.45) is 1.70. The molecule has 0 heterocycles. The van der Waals surface area contributed by atoms with Gasteiger partial charge in [0, 0.05) is 11.9 Å². The Labute approximate surface area is 125 Å². The Morgan fingerprint density at radius 1 is 0.812 bits per heavy atom. The summed E-state index contributed by atoms with van der Waals surface area (Å²) in [5.74, 6) is -1.92. The molecule has 6 N–H and O–H groups in total. The molecule has 0 rings (SSSR count). The number of carboxylic acids is 2. The van der Waals surface area contributed by atoms with E-state index in [0.29, 0.717) is 12.8 Å². The van der Waals surface area contributed by atoms with E-state index in [1.165, 1.54) is 0 Å². The van der Waals surface area contributed by atoms with Gasteiger partial charge in [-0.1, -0.05) is 26.7 Å². The molecule has 0 aliphatic rings. The van der Waals surface area contributed by atoms with Crippen molar-refractivity contribution in [3.05, 3.63) is 0 Å². The summed E-state index contributed by atoms with van der Waals surface area (Å²) in [5, 5.41) is 19.0. The van der Waals surface area contributed by atoms with Gasteiger partial charge in [-0.15, -0.1) is 0 Å². The van der Waals surface area contributed by atoms with E-state index >= 15 is 0 Å². The van der Waals surface area contributed by atoms with Gasteiger partial charge in [0.05, 0.1) is 0 Å². The van der Waals surface area contributed by atoms with Crippen LogP contribution in [0.3, 0.4) is 0 Å². The Hall–Kier alpha value is 0.0797. The zero-order chi connectivity index (χ0) is 9.98. The van der Waals surface area contributed by atoms with Crippen molar-refractivity contribution in [3.8, 4) is 0 Å². The molecule has 0 saturated carbocycles. The average Bonchev–Trinajstić information content (AvgIpc) is 1.87. The van der Waals surface area contributed by atoms with Gasteiger partial charge in [-0.25, -0.2) is 0 Å². The number of hydrogen-bond donors (Lipinski definition) is 0. The predicted octanol–water partition coefficient (Wildman–Crippen LogP) is -3.78. The minimum atomic E-state index is -0.961. The monoisotopic (exact) mass is 268 g/mol. The summed E-state index contributed by atoms with van der Waals surface area (Å²) in [7, 11) is 0. The van der Waals surface area contributed by atoms with Crippen LogP contribution in [0.5, 0.6) is 0 Å². The minimum absolute atomic E-state index is 0. The van der Waals surface area contributed by atoms with Crippen LogP contribution in [0.15, 0.2) is 0 Å². The Bertz CT molecular complexity index is 124. The molecule has 0 bridgehead atoms. The number of aliphatic carboxylic acids is 2. The molecule has 0 aliphatic carbocycles. The Balaban J connectivity index is -0.0000000250. The maximum atomic E-state index is 9.49. The molecule has 96 valence electrons. The van der Waals surface area contributed by atoms with Crippen molar-refractivity contribution in [1.29, 1.82) is 0 Å². The number of carbonyl (C=O) groups is 2. The summed E-state index contributed by atoms with van der Waals surface area (Å²) in [6.45, 7) is 3.60. The first-order chi connectivity index (χ1) is 5.54. The van der Waals surface area contributed by atoms with E-state index in [4.69, 9.17) is 0 Å². The van der Waals surface area contributed by atoms with Gasteiger partial charge in [0.2, 0.25) is 0 Å². The van der Waals surface area contributed by atoms with Crippen molar-refractivity contribution >= 4 is 49.7 Å². The SMILES string of the molecule is CCCC(=O)[O-].CCCC(=O)[O-].O.O.O.[Ca+2]. The van der Waals surface area contributed by atoms with Gasteiger partial charge in [-0.3, -0.25) is 0 Å². The standard InChI is InChI=1S/2C4H8O2.Ca.3H2O/c2*1-2-3-4(5)6;;;;/h2*2-3H2,1H3,(H,5,6);;3*1H2/q;;+2;;;/p-2. The molecule has 0 aliphatic heterocycles. The van der Waals surface area contributed by atoms with Gasteiger partial charge in [-0.2, -0.15) is 0 Å². The minimum Gasteiger partial charge on any atom is -0.550 e. The molecule has 0 spiro atoms. The zero-order valence-corrected chi connectivity index (χ0v) is 11.9. The smallest absolute Gasteiger partial charge is 0.550 e. The van der Waals surface area contributed by atoms with Gasteiger partial charge in [0.15, 0.2) is 0 Å². The van der Waals surface area contributed by atoms with Gasteiger partial charge in [-0.05, 0) is 12.8 Å². The number of carbonyl (C=O) groups excluding carboxylic acids is 2. The van der Waals surface area contributed by atoms with Gasteiger partial charge in [0.25, 0.3) is 0 Å². The second-order valence-electron chi connectivity index (χ2n) is 2.24.